The van der Waals surface area contributed by atoms with E-state index in [1.54, 1.807) is 6.20 Å². The number of hydrogen-bond acceptors (Lipinski definition) is 5. The van der Waals surface area contributed by atoms with E-state index in [4.69, 9.17) is 4.99 Å². The molecule has 1 fully saturated rings. The number of rotatable bonds is 7. The first-order valence-electron chi connectivity index (χ1n) is 11.3. The summed E-state index contributed by atoms with van der Waals surface area (Å²) in [4.78, 5) is 18.2. The van der Waals surface area contributed by atoms with E-state index in [9.17, 15) is 4.39 Å². The fourth-order valence-electron chi connectivity index (χ4n) is 3.77. The minimum Gasteiger partial charge on any atom is -0.368 e. The number of guanidine groups is 1. The van der Waals surface area contributed by atoms with Crippen LogP contribution in [-0.2, 0) is 13.1 Å². The highest BCUT2D eigenvalue weighted by Gasteiger charge is 2.18. The van der Waals surface area contributed by atoms with E-state index in [2.05, 4.69) is 36.5 Å². The van der Waals surface area contributed by atoms with Crippen molar-refractivity contribution in [2.75, 3.05) is 42.5 Å². The van der Waals surface area contributed by atoms with Crippen molar-refractivity contribution >= 4 is 17.5 Å². The molecule has 1 aromatic carbocycles. The molecule has 33 heavy (non-hydrogen) atoms. The number of aromatic nitrogens is 2. The molecule has 3 heterocycles. The molecule has 0 amide bonds. The molecule has 2 aromatic heterocycles. The Morgan fingerprint density at radius 3 is 2.45 bits per heavy atom. The van der Waals surface area contributed by atoms with Gasteiger partial charge in [0.15, 0.2) is 5.96 Å². The first-order valence-corrected chi connectivity index (χ1v) is 11.3. The van der Waals surface area contributed by atoms with E-state index >= 15 is 0 Å². The molecule has 8 heteroatoms. The van der Waals surface area contributed by atoms with Crippen LogP contribution in [-0.4, -0.2) is 48.7 Å². The van der Waals surface area contributed by atoms with Crippen molar-refractivity contribution in [3.8, 4) is 0 Å². The third kappa shape index (κ3) is 6.41. The van der Waals surface area contributed by atoms with Crippen molar-refractivity contribution in [3.05, 3.63) is 84.1 Å². The maximum Gasteiger partial charge on any atom is 0.191 e. The van der Waals surface area contributed by atoms with Crippen LogP contribution in [0.4, 0.5) is 15.9 Å². The average molecular weight is 448 g/mol. The number of piperazine rings is 1. The molecule has 0 radical (unpaired) electrons. The molecule has 0 saturated carbocycles. The smallest absolute Gasteiger partial charge is 0.191 e. The Bertz CT molecular complexity index is 1030. The summed E-state index contributed by atoms with van der Waals surface area (Å²) in [5, 5.41) is 6.61. The van der Waals surface area contributed by atoms with Crippen molar-refractivity contribution < 1.29 is 4.39 Å². The molecule has 0 atom stereocenters. The highest BCUT2D eigenvalue weighted by Crippen LogP contribution is 2.20. The van der Waals surface area contributed by atoms with Gasteiger partial charge in [0.05, 0.1) is 18.8 Å². The lowest BCUT2D eigenvalue weighted by atomic mass is 10.2. The third-order valence-electron chi connectivity index (χ3n) is 5.53. The van der Waals surface area contributed by atoms with Gasteiger partial charge in [0.1, 0.15) is 11.6 Å². The van der Waals surface area contributed by atoms with E-state index in [1.807, 2.05) is 49.5 Å². The van der Waals surface area contributed by atoms with Gasteiger partial charge >= 0.3 is 0 Å². The number of anilines is 2. The molecule has 0 aliphatic carbocycles. The van der Waals surface area contributed by atoms with Gasteiger partial charge in [-0.05, 0) is 61.0 Å². The van der Waals surface area contributed by atoms with E-state index in [1.165, 1.54) is 12.1 Å². The molecule has 0 spiro atoms. The number of pyridine rings is 2. The van der Waals surface area contributed by atoms with Crippen LogP contribution in [0.25, 0.3) is 0 Å². The van der Waals surface area contributed by atoms with Crippen LogP contribution < -0.4 is 20.4 Å². The van der Waals surface area contributed by atoms with E-state index in [0.29, 0.717) is 13.1 Å². The predicted molar refractivity (Wildman–Crippen MR) is 131 cm³/mol. The summed E-state index contributed by atoms with van der Waals surface area (Å²) in [5.41, 5.74) is 3.13. The van der Waals surface area contributed by atoms with E-state index in [0.717, 1.165) is 61.4 Å². The van der Waals surface area contributed by atoms with Crippen LogP contribution in [0.15, 0.2) is 72.0 Å². The number of aliphatic imine (C=N–C) groups is 1. The van der Waals surface area contributed by atoms with Crippen LogP contribution in [0, 0.1) is 5.82 Å². The van der Waals surface area contributed by atoms with Gasteiger partial charge in [0.25, 0.3) is 0 Å². The zero-order chi connectivity index (χ0) is 22.9. The van der Waals surface area contributed by atoms with E-state index in [-0.39, 0.29) is 5.82 Å². The lowest BCUT2D eigenvalue weighted by Crippen LogP contribution is -2.46. The number of halogens is 1. The van der Waals surface area contributed by atoms with Gasteiger partial charge in [0, 0.05) is 50.8 Å². The number of hydrogen-bond donors (Lipinski definition) is 2. The van der Waals surface area contributed by atoms with Crippen molar-refractivity contribution in [3.63, 3.8) is 0 Å². The molecule has 1 saturated heterocycles. The second-order valence-corrected chi connectivity index (χ2v) is 7.84. The lowest BCUT2D eigenvalue weighted by molar-refractivity contribution is 0.624. The largest absolute Gasteiger partial charge is 0.368 e. The Morgan fingerprint density at radius 1 is 0.939 bits per heavy atom. The van der Waals surface area contributed by atoms with Gasteiger partial charge in [-0.1, -0.05) is 6.07 Å². The molecule has 3 aromatic rings. The molecule has 1 aliphatic heterocycles. The maximum atomic E-state index is 13.2. The number of nitrogens with one attached hydrogen (secondary N) is 2. The third-order valence-corrected chi connectivity index (χ3v) is 5.53. The Labute approximate surface area is 194 Å². The summed E-state index contributed by atoms with van der Waals surface area (Å²) in [7, 11) is 0. The average Bonchev–Trinajstić information content (AvgIpc) is 2.87. The summed E-state index contributed by atoms with van der Waals surface area (Å²) in [6, 6.07) is 16.7. The molecule has 2 N–H and O–H groups in total. The number of benzene rings is 1. The minimum atomic E-state index is -0.203. The second kappa shape index (κ2) is 11.3. The van der Waals surface area contributed by atoms with Gasteiger partial charge < -0.3 is 20.4 Å². The Hall–Kier alpha value is -3.68. The van der Waals surface area contributed by atoms with Crippen molar-refractivity contribution in [2.24, 2.45) is 4.99 Å². The Kier molecular flexibility index (Phi) is 7.68. The SMILES string of the molecule is CCNC(=NCc1ccnc(N2CCN(c3ccc(F)cc3)CC2)c1)NCc1ccccn1. The standard InChI is InChI=1S/C25H30FN7/c1-2-27-25(31-19-22-5-3-4-11-28-22)30-18-20-10-12-29-24(17-20)33-15-13-32(14-16-33)23-8-6-21(26)7-9-23/h3-12,17H,2,13-16,18-19H2,1H3,(H2,27,30,31). The van der Waals surface area contributed by atoms with Gasteiger partial charge in [0.2, 0.25) is 0 Å². The summed E-state index contributed by atoms with van der Waals surface area (Å²) in [6.07, 6.45) is 3.64. The van der Waals surface area contributed by atoms with Crippen molar-refractivity contribution in [1.82, 2.24) is 20.6 Å². The van der Waals surface area contributed by atoms with Crippen LogP contribution in [0.2, 0.25) is 0 Å². The first kappa shape index (κ1) is 22.5. The quantitative estimate of drug-likeness (QED) is 0.428. The highest BCUT2D eigenvalue weighted by molar-refractivity contribution is 5.79. The predicted octanol–water partition coefficient (Wildman–Crippen LogP) is 3.20. The van der Waals surface area contributed by atoms with Crippen LogP contribution >= 0.6 is 0 Å². The highest BCUT2D eigenvalue weighted by atomic mass is 19.1. The molecular formula is C25H30FN7. The van der Waals surface area contributed by atoms with Crippen LogP contribution in [0.3, 0.4) is 0 Å². The van der Waals surface area contributed by atoms with E-state index < -0.39 is 0 Å². The molecule has 0 unspecified atom stereocenters. The first-order chi connectivity index (χ1) is 16.2. The monoisotopic (exact) mass is 447 g/mol. The molecule has 172 valence electrons. The zero-order valence-electron chi connectivity index (χ0n) is 18.9. The fraction of sp³-hybridized carbons (Fsp3) is 0.320. The Balaban J connectivity index is 1.34. The maximum absolute atomic E-state index is 13.2. The van der Waals surface area contributed by atoms with Crippen molar-refractivity contribution in [1.29, 1.82) is 0 Å². The molecular weight excluding hydrogens is 417 g/mol. The topological polar surface area (TPSA) is 68.7 Å². The lowest BCUT2D eigenvalue weighted by Gasteiger charge is -2.36. The van der Waals surface area contributed by atoms with Gasteiger partial charge in [-0.25, -0.2) is 14.4 Å². The van der Waals surface area contributed by atoms with Gasteiger partial charge in [-0.2, -0.15) is 0 Å². The van der Waals surface area contributed by atoms with Gasteiger partial charge in [-0.3, -0.25) is 4.98 Å². The zero-order valence-corrected chi connectivity index (χ0v) is 18.9. The second-order valence-electron chi connectivity index (χ2n) is 7.84. The number of nitrogens with zero attached hydrogens (tertiary/aromatic N) is 5. The van der Waals surface area contributed by atoms with Gasteiger partial charge in [-0.15, -0.1) is 0 Å². The minimum absolute atomic E-state index is 0.203. The molecule has 0 bridgehead atoms. The Morgan fingerprint density at radius 2 is 1.73 bits per heavy atom. The summed E-state index contributed by atoms with van der Waals surface area (Å²) in [6.45, 7) is 7.49. The van der Waals surface area contributed by atoms with Crippen LogP contribution in [0.5, 0.6) is 0 Å². The molecule has 7 nitrogen and oxygen atoms in total. The molecule has 1 aliphatic rings. The summed E-state index contributed by atoms with van der Waals surface area (Å²) >= 11 is 0. The molecule has 4 rings (SSSR count). The van der Waals surface area contributed by atoms with Crippen LogP contribution in [0.1, 0.15) is 18.2 Å². The normalized spacial score (nSPS) is 14.3. The van der Waals surface area contributed by atoms with Crippen molar-refractivity contribution in [2.45, 2.75) is 20.0 Å². The summed E-state index contributed by atoms with van der Waals surface area (Å²) < 4.78 is 13.2. The summed E-state index contributed by atoms with van der Waals surface area (Å²) in [5.74, 6) is 1.52. The fourth-order valence-corrected chi connectivity index (χ4v) is 3.77.